The highest BCUT2D eigenvalue weighted by Gasteiger charge is 1.86. The monoisotopic (exact) mass is 115 g/mol. The molecule has 0 N–H and O–H groups in total. The molecule has 0 aliphatic carbocycles. The lowest BCUT2D eigenvalue weighted by atomic mass is 10.5. The molecule has 0 spiro atoms. The second-order valence-electron chi connectivity index (χ2n) is 1.58. The van der Waals surface area contributed by atoms with Gasteiger partial charge in [-0.2, -0.15) is 0 Å². The normalized spacial score (nSPS) is 8.88. The van der Waals surface area contributed by atoms with E-state index in [9.17, 15) is 0 Å². The fraction of sp³-hybridized carbons (Fsp3) is 1.00. The predicted molar refractivity (Wildman–Crippen MR) is 30.2 cm³/mol. The molecule has 0 aliphatic rings. The zero-order chi connectivity index (χ0) is 6.41. The molecule has 0 heterocycles. The van der Waals surface area contributed by atoms with Crippen LogP contribution in [0.1, 0.15) is 13.8 Å². The van der Waals surface area contributed by atoms with E-state index in [-0.39, 0.29) is 12.8 Å². The lowest BCUT2D eigenvalue weighted by molar-refractivity contribution is 0.0845. The molecule has 0 saturated heterocycles. The van der Waals surface area contributed by atoms with Crippen LogP contribution in [0.15, 0.2) is 5.11 Å². The molecule has 0 radical (unpaired) electrons. The Morgan fingerprint density at radius 2 is 2.38 bits per heavy atom. The zero-order valence-corrected chi connectivity index (χ0v) is 5.03. The molecule has 0 aromatic heterocycles. The molecule has 0 aliphatic heterocycles. The maximum Gasteiger partial charge on any atom is 0.126 e. The summed E-state index contributed by atoms with van der Waals surface area (Å²) in [5.74, 6) is 0. The molecule has 0 aromatic rings. The summed E-state index contributed by atoms with van der Waals surface area (Å²) in [5.41, 5.74) is 7.76. The van der Waals surface area contributed by atoms with Gasteiger partial charge < -0.3 is 4.74 Å². The van der Waals surface area contributed by atoms with Crippen molar-refractivity contribution in [1.82, 2.24) is 0 Å². The highest BCUT2D eigenvalue weighted by atomic mass is 16.5. The molecular weight excluding hydrogens is 106 g/mol. The van der Waals surface area contributed by atoms with Crippen LogP contribution in [-0.2, 0) is 4.74 Å². The second-order valence-corrected chi connectivity index (χ2v) is 1.58. The van der Waals surface area contributed by atoms with Crippen molar-refractivity contribution in [2.45, 2.75) is 20.0 Å². The molecule has 46 valence electrons. The fourth-order valence-electron chi connectivity index (χ4n) is 0.208. The van der Waals surface area contributed by atoms with Crippen molar-refractivity contribution in [2.75, 3.05) is 6.73 Å². The fourth-order valence-corrected chi connectivity index (χ4v) is 0.208. The van der Waals surface area contributed by atoms with Crippen LogP contribution < -0.4 is 0 Å². The standard InChI is InChI=1S/C4H9N3O/c1-4(2)8-3-6-7-5/h4H,3H2,1-2H3. The summed E-state index contributed by atoms with van der Waals surface area (Å²) in [6.45, 7) is 3.90. The number of hydrogen-bond donors (Lipinski definition) is 0. The van der Waals surface area contributed by atoms with E-state index >= 15 is 0 Å². The number of azide groups is 1. The van der Waals surface area contributed by atoms with Gasteiger partial charge >= 0.3 is 0 Å². The van der Waals surface area contributed by atoms with E-state index in [1.54, 1.807) is 0 Å². The largest absolute Gasteiger partial charge is 0.373 e. The molecule has 0 unspecified atom stereocenters. The minimum absolute atomic E-state index is 0.133. The highest BCUT2D eigenvalue weighted by molar-refractivity contribution is 4.38. The van der Waals surface area contributed by atoms with Crippen molar-refractivity contribution in [2.24, 2.45) is 5.11 Å². The third kappa shape index (κ3) is 5.27. The van der Waals surface area contributed by atoms with Gasteiger partial charge in [-0.25, -0.2) is 0 Å². The van der Waals surface area contributed by atoms with E-state index in [1.807, 2.05) is 13.8 Å². The third-order valence-corrected chi connectivity index (χ3v) is 0.529. The van der Waals surface area contributed by atoms with Gasteiger partial charge in [0.15, 0.2) is 0 Å². The summed E-state index contributed by atoms with van der Waals surface area (Å²) in [6.07, 6.45) is 0.139. The SMILES string of the molecule is CC(C)OCN=[N+]=[N-]. The Hall–Kier alpha value is -0.730. The van der Waals surface area contributed by atoms with E-state index in [0.717, 1.165) is 0 Å². The molecule has 0 rings (SSSR count). The molecule has 0 fully saturated rings. The molecule has 0 amide bonds. The smallest absolute Gasteiger partial charge is 0.126 e. The summed E-state index contributed by atoms with van der Waals surface area (Å²) in [4.78, 5) is 2.51. The van der Waals surface area contributed by atoms with E-state index in [2.05, 4.69) is 10.0 Å². The van der Waals surface area contributed by atoms with Crippen molar-refractivity contribution in [3.05, 3.63) is 10.4 Å². The Morgan fingerprint density at radius 3 is 2.75 bits per heavy atom. The number of hydrogen-bond acceptors (Lipinski definition) is 2. The summed E-state index contributed by atoms with van der Waals surface area (Å²) < 4.78 is 4.86. The quantitative estimate of drug-likeness (QED) is 0.313. The Morgan fingerprint density at radius 1 is 1.75 bits per heavy atom. The predicted octanol–water partition coefficient (Wildman–Crippen LogP) is 1.68. The van der Waals surface area contributed by atoms with Gasteiger partial charge in [0.25, 0.3) is 0 Å². The Bertz CT molecular complexity index is 95.5. The first-order valence-corrected chi connectivity index (χ1v) is 2.40. The highest BCUT2D eigenvalue weighted by Crippen LogP contribution is 1.86. The van der Waals surface area contributed by atoms with Gasteiger partial charge in [-0.15, -0.1) is 0 Å². The van der Waals surface area contributed by atoms with Gasteiger partial charge in [0.05, 0.1) is 6.10 Å². The van der Waals surface area contributed by atoms with E-state index in [1.165, 1.54) is 0 Å². The summed E-state index contributed by atoms with van der Waals surface area (Å²) in [6, 6.07) is 0. The van der Waals surface area contributed by atoms with Crippen molar-refractivity contribution in [1.29, 1.82) is 0 Å². The van der Waals surface area contributed by atoms with Gasteiger partial charge in [0, 0.05) is 4.91 Å². The molecule has 0 atom stereocenters. The van der Waals surface area contributed by atoms with Gasteiger partial charge in [-0.05, 0) is 19.4 Å². The van der Waals surface area contributed by atoms with Crippen LogP contribution in [0, 0.1) is 0 Å². The van der Waals surface area contributed by atoms with Gasteiger partial charge in [-0.3, -0.25) is 0 Å². The van der Waals surface area contributed by atoms with Crippen LogP contribution in [0.25, 0.3) is 10.4 Å². The lowest BCUT2D eigenvalue weighted by Gasteiger charge is -2.00. The van der Waals surface area contributed by atoms with Crippen molar-refractivity contribution in [3.8, 4) is 0 Å². The minimum Gasteiger partial charge on any atom is -0.373 e. The maximum absolute atomic E-state index is 7.76. The van der Waals surface area contributed by atoms with Crippen LogP contribution in [0.4, 0.5) is 0 Å². The molecule has 4 nitrogen and oxygen atoms in total. The van der Waals surface area contributed by atoms with E-state index < -0.39 is 0 Å². The summed E-state index contributed by atoms with van der Waals surface area (Å²) >= 11 is 0. The van der Waals surface area contributed by atoms with E-state index in [0.29, 0.717) is 0 Å². The van der Waals surface area contributed by atoms with Gasteiger partial charge in [0.2, 0.25) is 0 Å². The van der Waals surface area contributed by atoms with Crippen LogP contribution in [0.2, 0.25) is 0 Å². The number of nitrogens with zero attached hydrogens (tertiary/aromatic N) is 3. The lowest BCUT2D eigenvalue weighted by Crippen LogP contribution is -2.00. The summed E-state index contributed by atoms with van der Waals surface area (Å²) in [7, 11) is 0. The first kappa shape index (κ1) is 7.27. The van der Waals surface area contributed by atoms with Crippen molar-refractivity contribution < 1.29 is 4.74 Å². The van der Waals surface area contributed by atoms with Crippen LogP contribution in [0.3, 0.4) is 0 Å². The molecule has 0 aromatic carbocycles. The second kappa shape index (κ2) is 4.43. The minimum atomic E-state index is 0.133. The zero-order valence-electron chi connectivity index (χ0n) is 5.03. The average Bonchev–Trinajstić information content (AvgIpc) is 1.66. The maximum atomic E-state index is 7.76. The number of rotatable bonds is 3. The first-order chi connectivity index (χ1) is 3.77. The Balaban J connectivity index is 3.05. The van der Waals surface area contributed by atoms with E-state index in [4.69, 9.17) is 10.3 Å². The summed E-state index contributed by atoms with van der Waals surface area (Å²) in [5, 5.41) is 3.17. The Labute approximate surface area is 48.1 Å². The van der Waals surface area contributed by atoms with Gasteiger partial charge in [-0.1, -0.05) is 5.11 Å². The van der Waals surface area contributed by atoms with Crippen LogP contribution in [-0.4, -0.2) is 12.8 Å². The average molecular weight is 115 g/mol. The van der Waals surface area contributed by atoms with Crippen molar-refractivity contribution in [3.63, 3.8) is 0 Å². The van der Waals surface area contributed by atoms with Crippen LogP contribution >= 0.6 is 0 Å². The molecule has 0 saturated carbocycles. The van der Waals surface area contributed by atoms with Crippen LogP contribution in [0.5, 0.6) is 0 Å². The Kier molecular flexibility index (Phi) is 4.03. The van der Waals surface area contributed by atoms with Crippen molar-refractivity contribution >= 4 is 0 Å². The topological polar surface area (TPSA) is 58.0 Å². The molecule has 4 heteroatoms. The third-order valence-electron chi connectivity index (χ3n) is 0.529. The molecule has 0 bridgehead atoms. The number of ether oxygens (including phenoxy) is 1. The first-order valence-electron chi connectivity index (χ1n) is 2.40. The molecular formula is C4H9N3O. The van der Waals surface area contributed by atoms with Gasteiger partial charge in [0.1, 0.15) is 6.73 Å². The molecule has 8 heavy (non-hydrogen) atoms.